The van der Waals surface area contributed by atoms with Gasteiger partial charge < -0.3 is 26.3 Å². The Morgan fingerprint density at radius 3 is 1.46 bits per heavy atom. The average Bonchev–Trinajstić information content (AvgIpc) is 2.94. The van der Waals surface area contributed by atoms with Crippen LogP contribution in [-0.4, -0.2) is 88.1 Å². The Kier molecular flexibility index (Phi) is 7.68. The van der Waals surface area contributed by atoms with Gasteiger partial charge in [0.2, 0.25) is 0 Å². The monoisotopic (exact) mass is 392 g/mol. The van der Waals surface area contributed by atoms with E-state index in [0.717, 1.165) is 76.6 Å². The van der Waals surface area contributed by atoms with Gasteiger partial charge in [0.05, 0.1) is 0 Å². The maximum atomic E-state index is 6.27. The lowest BCUT2D eigenvalue weighted by atomic mass is 10.1. The van der Waals surface area contributed by atoms with Crippen LogP contribution in [0.3, 0.4) is 0 Å². The molecule has 0 aromatic carbocycles. The molecule has 0 unspecified atom stereocenters. The number of hydrogen-bond acceptors (Lipinski definition) is 7. The summed E-state index contributed by atoms with van der Waals surface area (Å²) in [6.07, 6.45) is 3.93. The van der Waals surface area contributed by atoms with Crippen molar-refractivity contribution in [3.8, 4) is 0 Å². The molecular weight excluding hydrogens is 352 g/mol. The normalized spacial score (nSPS) is 30.0. The predicted molar refractivity (Wildman–Crippen MR) is 114 cm³/mol. The largest absolute Gasteiger partial charge is 0.336 e. The number of nitrogens with zero attached hydrogens (tertiary/aromatic N) is 5. The third-order valence-electron chi connectivity index (χ3n) is 5.85. The molecule has 2 aliphatic rings. The number of nitrogens with one attached hydrogen (secondary N) is 2. The number of hydrogen-bond donors (Lipinski definition) is 3. The van der Waals surface area contributed by atoms with Gasteiger partial charge in [-0.2, -0.15) is 0 Å². The Balaban J connectivity index is 1.38. The van der Waals surface area contributed by atoms with Gasteiger partial charge in [0, 0.05) is 63.2 Å². The van der Waals surface area contributed by atoms with Gasteiger partial charge in [-0.25, -0.2) is 4.68 Å². The second-order valence-corrected chi connectivity index (χ2v) is 9.07. The number of nitrogen functional groups attached to an aromatic ring is 1. The van der Waals surface area contributed by atoms with Crippen molar-refractivity contribution in [2.24, 2.45) is 0 Å². The fourth-order valence-corrected chi connectivity index (χ4v) is 4.87. The van der Waals surface area contributed by atoms with Crippen molar-refractivity contribution in [3.05, 3.63) is 11.6 Å². The highest BCUT2D eigenvalue weighted by molar-refractivity contribution is 4.97. The van der Waals surface area contributed by atoms with E-state index in [1.54, 1.807) is 4.68 Å². The van der Waals surface area contributed by atoms with Crippen molar-refractivity contribution in [1.82, 2.24) is 35.3 Å². The number of aromatic nitrogens is 3. The summed E-state index contributed by atoms with van der Waals surface area (Å²) in [4.78, 5) is 5.08. The number of piperazine rings is 2. The lowest BCUT2D eigenvalue weighted by Gasteiger charge is -2.36. The zero-order chi connectivity index (χ0) is 20.1. The Bertz CT molecular complexity index is 534. The van der Waals surface area contributed by atoms with E-state index >= 15 is 0 Å². The van der Waals surface area contributed by atoms with Gasteiger partial charge in [0.25, 0.3) is 0 Å². The molecule has 8 nitrogen and oxygen atoms in total. The summed E-state index contributed by atoms with van der Waals surface area (Å²) in [6, 6.07) is 2.26. The standard InChI is InChI=1S/C20H40N8/c1-15-11-26(12-16(2)22-15)9-5-7-19-24-25-20(28(19)21)8-6-10-27-13-17(3)23-18(4)14-27/h15-18,22-23H,5-14,21H2,1-4H3/t15-,16-,17-,18+/m0/s1. The van der Waals surface area contributed by atoms with Crippen molar-refractivity contribution in [2.75, 3.05) is 45.1 Å². The summed E-state index contributed by atoms with van der Waals surface area (Å²) in [6.45, 7) is 15.7. The smallest absolute Gasteiger partial charge is 0.151 e. The molecule has 3 heterocycles. The number of nitrogens with two attached hydrogens (primary N) is 1. The first-order valence-electron chi connectivity index (χ1n) is 11.1. The summed E-state index contributed by atoms with van der Waals surface area (Å²) in [7, 11) is 0. The van der Waals surface area contributed by atoms with Crippen LogP contribution in [0.5, 0.6) is 0 Å². The molecule has 3 rings (SSSR count). The van der Waals surface area contributed by atoms with Crippen molar-refractivity contribution in [2.45, 2.75) is 77.5 Å². The minimum absolute atomic E-state index is 0.565. The van der Waals surface area contributed by atoms with Crippen LogP contribution in [0.4, 0.5) is 0 Å². The molecule has 8 heteroatoms. The van der Waals surface area contributed by atoms with E-state index in [-0.39, 0.29) is 0 Å². The topological polar surface area (TPSA) is 87.3 Å². The van der Waals surface area contributed by atoms with E-state index in [0.29, 0.717) is 24.2 Å². The van der Waals surface area contributed by atoms with E-state index in [4.69, 9.17) is 5.84 Å². The van der Waals surface area contributed by atoms with Crippen LogP contribution in [0.2, 0.25) is 0 Å². The first-order chi connectivity index (χ1) is 13.4. The molecule has 4 N–H and O–H groups in total. The van der Waals surface area contributed by atoms with Crippen LogP contribution in [0.25, 0.3) is 0 Å². The summed E-state index contributed by atoms with van der Waals surface area (Å²) in [5, 5.41) is 15.9. The van der Waals surface area contributed by atoms with Gasteiger partial charge >= 0.3 is 0 Å². The minimum atomic E-state index is 0.565. The van der Waals surface area contributed by atoms with E-state index in [1.165, 1.54) is 0 Å². The molecule has 1 aromatic rings. The van der Waals surface area contributed by atoms with Crippen LogP contribution in [0, 0.1) is 0 Å². The molecule has 1 aromatic heterocycles. The lowest BCUT2D eigenvalue weighted by Crippen LogP contribution is -2.54. The maximum absolute atomic E-state index is 6.27. The van der Waals surface area contributed by atoms with Crippen molar-refractivity contribution >= 4 is 0 Å². The molecule has 2 aliphatic heterocycles. The quantitative estimate of drug-likeness (QED) is 0.546. The van der Waals surface area contributed by atoms with E-state index < -0.39 is 0 Å². The molecule has 0 saturated carbocycles. The molecule has 2 fully saturated rings. The second kappa shape index (κ2) is 10.0. The van der Waals surface area contributed by atoms with Gasteiger partial charge in [0.1, 0.15) is 0 Å². The second-order valence-electron chi connectivity index (χ2n) is 9.07. The third kappa shape index (κ3) is 6.14. The molecule has 0 aliphatic carbocycles. The van der Waals surface area contributed by atoms with Gasteiger partial charge in [0.15, 0.2) is 11.6 Å². The molecule has 28 heavy (non-hydrogen) atoms. The molecule has 160 valence electrons. The molecular formula is C20H40N8. The van der Waals surface area contributed by atoms with Crippen LogP contribution < -0.4 is 16.5 Å². The van der Waals surface area contributed by atoms with E-state index in [9.17, 15) is 0 Å². The fourth-order valence-electron chi connectivity index (χ4n) is 4.87. The first-order valence-corrected chi connectivity index (χ1v) is 11.1. The maximum Gasteiger partial charge on any atom is 0.151 e. The summed E-state index contributed by atoms with van der Waals surface area (Å²) >= 11 is 0. The molecule has 0 amide bonds. The summed E-state index contributed by atoms with van der Waals surface area (Å²) in [5.41, 5.74) is 0. The Hall–Kier alpha value is -1.22. The highest BCUT2D eigenvalue weighted by atomic mass is 15.4. The Morgan fingerprint density at radius 2 is 1.11 bits per heavy atom. The lowest BCUT2D eigenvalue weighted by molar-refractivity contribution is 0.171. The SMILES string of the molecule is C[C@@H]1CN(CCCc2nnc(CCCN3C[C@H](C)N[C@@H](C)C3)n2N)C[C@H](C)N1. The molecule has 0 bridgehead atoms. The third-order valence-corrected chi connectivity index (χ3v) is 5.85. The minimum Gasteiger partial charge on any atom is -0.336 e. The molecule has 2 saturated heterocycles. The zero-order valence-corrected chi connectivity index (χ0v) is 18.2. The van der Waals surface area contributed by atoms with Crippen molar-refractivity contribution in [1.29, 1.82) is 0 Å². The van der Waals surface area contributed by atoms with Crippen LogP contribution in [0.15, 0.2) is 0 Å². The predicted octanol–water partition coefficient (Wildman–Crippen LogP) is 0.222. The van der Waals surface area contributed by atoms with Gasteiger partial charge in [-0.3, -0.25) is 0 Å². The Labute approximate surface area is 170 Å². The summed E-state index contributed by atoms with van der Waals surface area (Å²) in [5.74, 6) is 8.10. The first kappa shape index (κ1) is 21.5. The van der Waals surface area contributed by atoms with E-state index in [1.807, 2.05) is 0 Å². The van der Waals surface area contributed by atoms with Crippen molar-refractivity contribution in [3.63, 3.8) is 0 Å². The van der Waals surface area contributed by atoms with Crippen LogP contribution in [0.1, 0.15) is 52.2 Å². The molecule has 4 atom stereocenters. The van der Waals surface area contributed by atoms with E-state index in [2.05, 4.69) is 58.3 Å². The molecule has 0 spiro atoms. The van der Waals surface area contributed by atoms with Gasteiger partial charge in [-0.15, -0.1) is 10.2 Å². The number of aryl methyl sites for hydroxylation is 2. The van der Waals surface area contributed by atoms with Crippen LogP contribution in [-0.2, 0) is 12.8 Å². The fraction of sp³-hybridized carbons (Fsp3) is 0.900. The number of rotatable bonds is 8. The summed E-state index contributed by atoms with van der Waals surface area (Å²) < 4.78 is 1.73. The Morgan fingerprint density at radius 1 is 0.750 bits per heavy atom. The van der Waals surface area contributed by atoms with Crippen molar-refractivity contribution < 1.29 is 0 Å². The van der Waals surface area contributed by atoms with Gasteiger partial charge in [-0.1, -0.05) is 0 Å². The van der Waals surface area contributed by atoms with Gasteiger partial charge in [-0.05, 0) is 53.6 Å². The van der Waals surface area contributed by atoms with Crippen LogP contribution >= 0.6 is 0 Å². The highest BCUT2D eigenvalue weighted by Gasteiger charge is 2.22. The average molecular weight is 393 g/mol. The molecule has 0 radical (unpaired) electrons. The zero-order valence-electron chi connectivity index (χ0n) is 18.2. The highest BCUT2D eigenvalue weighted by Crippen LogP contribution is 2.09.